The van der Waals surface area contributed by atoms with E-state index in [4.69, 9.17) is 9.15 Å². The molecule has 2 aromatic carbocycles. The van der Waals surface area contributed by atoms with Crippen molar-refractivity contribution in [2.45, 2.75) is 26.8 Å². The van der Waals surface area contributed by atoms with Crippen molar-refractivity contribution in [1.82, 2.24) is 15.2 Å². The summed E-state index contributed by atoms with van der Waals surface area (Å²) >= 11 is 0. The third-order valence-electron chi connectivity index (χ3n) is 5.97. The quantitative estimate of drug-likeness (QED) is 0.580. The zero-order valence-electron chi connectivity index (χ0n) is 19.8. The van der Waals surface area contributed by atoms with E-state index in [1.807, 2.05) is 49.4 Å². The van der Waals surface area contributed by atoms with E-state index in [0.29, 0.717) is 50.0 Å². The maximum Gasteiger partial charge on any atom is 0.239 e. The van der Waals surface area contributed by atoms with E-state index in [1.54, 1.807) is 25.1 Å². The lowest BCUT2D eigenvalue weighted by molar-refractivity contribution is -0.135. The largest absolute Gasteiger partial charge is 0.496 e. The predicted molar refractivity (Wildman–Crippen MR) is 130 cm³/mol. The molecule has 1 aromatic heterocycles. The van der Waals surface area contributed by atoms with E-state index >= 15 is 0 Å². The second-order valence-corrected chi connectivity index (χ2v) is 8.44. The molecule has 1 N–H and O–H groups in total. The third-order valence-corrected chi connectivity index (χ3v) is 5.97. The number of rotatable bonds is 7. The molecule has 0 radical (unpaired) electrons. The van der Waals surface area contributed by atoms with Gasteiger partial charge in [-0.25, -0.2) is 4.98 Å². The number of aromatic nitrogens is 1. The number of hydrogen-bond donors (Lipinski definition) is 1. The first-order valence-electron chi connectivity index (χ1n) is 11.4. The fraction of sp³-hybridized carbons (Fsp3) is 0.346. The lowest BCUT2D eigenvalue weighted by Crippen LogP contribution is -2.41. The summed E-state index contributed by atoms with van der Waals surface area (Å²) in [6.07, 6.45) is 2.02. The van der Waals surface area contributed by atoms with Gasteiger partial charge in [-0.2, -0.15) is 0 Å². The van der Waals surface area contributed by atoms with Crippen molar-refractivity contribution < 1.29 is 18.7 Å². The average Bonchev–Trinajstić information content (AvgIpc) is 3.19. The molecule has 1 fully saturated rings. The molecular weight excluding hydrogens is 432 g/mol. The van der Waals surface area contributed by atoms with E-state index < -0.39 is 0 Å². The van der Waals surface area contributed by atoms with Crippen LogP contribution in [-0.4, -0.2) is 55.0 Å². The van der Waals surface area contributed by atoms with Crippen LogP contribution in [0.15, 0.2) is 53.1 Å². The standard InChI is InChI=1S/C26H30N4O4/c1-18-4-6-20(7-5-18)15-28-25(31)17-30-13-12-29(11-10-26(30)32)21-8-9-22(23(14-21)33-3)24-16-27-19(2)34-24/h4-9,14,16H,10-13,15,17H2,1-3H3,(H,28,31). The predicted octanol–water partition coefficient (Wildman–Crippen LogP) is 3.32. The lowest BCUT2D eigenvalue weighted by atomic mass is 10.1. The number of carbonyl (C=O) groups is 2. The monoisotopic (exact) mass is 462 g/mol. The van der Waals surface area contributed by atoms with Crippen LogP contribution in [0.2, 0.25) is 0 Å². The summed E-state index contributed by atoms with van der Waals surface area (Å²) in [6.45, 7) is 6.01. The minimum absolute atomic E-state index is 0.0197. The number of ether oxygens (including phenoxy) is 1. The van der Waals surface area contributed by atoms with Gasteiger partial charge in [0.2, 0.25) is 11.8 Å². The molecule has 4 rings (SSSR count). The number of benzene rings is 2. The second-order valence-electron chi connectivity index (χ2n) is 8.44. The summed E-state index contributed by atoms with van der Waals surface area (Å²) in [4.78, 5) is 33.1. The first-order valence-corrected chi connectivity index (χ1v) is 11.4. The van der Waals surface area contributed by atoms with Crippen LogP contribution in [-0.2, 0) is 16.1 Å². The summed E-state index contributed by atoms with van der Waals surface area (Å²) in [6, 6.07) is 13.9. The molecule has 0 aliphatic carbocycles. The molecule has 1 aliphatic rings. The van der Waals surface area contributed by atoms with Crippen molar-refractivity contribution in [3.8, 4) is 17.1 Å². The highest BCUT2D eigenvalue weighted by molar-refractivity contribution is 5.85. The van der Waals surface area contributed by atoms with E-state index in [0.717, 1.165) is 16.8 Å². The summed E-state index contributed by atoms with van der Waals surface area (Å²) in [7, 11) is 1.62. The molecule has 3 aromatic rings. The van der Waals surface area contributed by atoms with Gasteiger partial charge in [-0.3, -0.25) is 9.59 Å². The Morgan fingerprint density at radius 2 is 1.91 bits per heavy atom. The molecular formula is C26H30N4O4. The smallest absolute Gasteiger partial charge is 0.239 e. The number of nitrogens with zero attached hydrogens (tertiary/aromatic N) is 3. The summed E-state index contributed by atoms with van der Waals surface area (Å²) in [5.74, 6) is 1.74. The van der Waals surface area contributed by atoms with Crippen LogP contribution < -0.4 is 15.0 Å². The molecule has 0 bridgehead atoms. The summed E-state index contributed by atoms with van der Waals surface area (Å²) in [5.41, 5.74) is 3.99. The molecule has 34 heavy (non-hydrogen) atoms. The Kier molecular flexibility index (Phi) is 7.15. The van der Waals surface area contributed by atoms with Gasteiger partial charge in [0.1, 0.15) is 5.75 Å². The highest BCUT2D eigenvalue weighted by atomic mass is 16.5. The Morgan fingerprint density at radius 1 is 1.12 bits per heavy atom. The zero-order chi connectivity index (χ0) is 24.1. The van der Waals surface area contributed by atoms with Crippen molar-refractivity contribution in [3.63, 3.8) is 0 Å². The van der Waals surface area contributed by atoms with Crippen LogP contribution >= 0.6 is 0 Å². The van der Waals surface area contributed by atoms with Crippen molar-refractivity contribution in [2.24, 2.45) is 0 Å². The fourth-order valence-electron chi connectivity index (χ4n) is 3.99. The van der Waals surface area contributed by atoms with Gasteiger partial charge < -0.3 is 24.3 Å². The fourth-order valence-corrected chi connectivity index (χ4v) is 3.99. The molecule has 178 valence electrons. The number of amides is 2. The normalized spacial score (nSPS) is 14.1. The lowest BCUT2D eigenvalue weighted by Gasteiger charge is -2.24. The Morgan fingerprint density at radius 3 is 2.62 bits per heavy atom. The molecule has 1 aliphatic heterocycles. The van der Waals surface area contributed by atoms with Gasteiger partial charge in [0.15, 0.2) is 11.7 Å². The van der Waals surface area contributed by atoms with Crippen molar-refractivity contribution in [1.29, 1.82) is 0 Å². The maximum atomic E-state index is 12.7. The molecule has 0 unspecified atom stereocenters. The zero-order valence-corrected chi connectivity index (χ0v) is 19.8. The highest BCUT2D eigenvalue weighted by Crippen LogP contribution is 2.34. The highest BCUT2D eigenvalue weighted by Gasteiger charge is 2.24. The molecule has 2 heterocycles. The van der Waals surface area contributed by atoms with Crippen molar-refractivity contribution in [2.75, 3.05) is 38.2 Å². The molecule has 2 amide bonds. The minimum Gasteiger partial charge on any atom is -0.496 e. The minimum atomic E-state index is -0.157. The number of anilines is 1. The molecule has 0 atom stereocenters. The van der Waals surface area contributed by atoms with Crippen LogP contribution in [0.25, 0.3) is 11.3 Å². The Labute approximate surface area is 199 Å². The Hall–Kier alpha value is -3.81. The van der Waals surface area contributed by atoms with E-state index in [1.165, 1.54) is 5.56 Å². The van der Waals surface area contributed by atoms with Gasteiger partial charge in [0.25, 0.3) is 0 Å². The molecule has 0 spiro atoms. The summed E-state index contributed by atoms with van der Waals surface area (Å²) < 4.78 is 11.2. The first kappa shape index (κ1) is 23.4. The van der Waals surface area contributed by atoms with Crippen molar-refractivity contribution >= 4 is 17.5 Å². The first-order chi connectivity index (χ1) is 16.4. The molecule has 0 saturated carbocycles. The molecule has 1 saturated heterocycles. The number of oxazole rings is 1. The van der Waals surface area contributed by atoms with Crippen LogP contribution in [0.4, 0.5) is 5.69 Å². The number of carbonyl (C=O) groups excluding carboxylic acids is 2. The Bertz CT molecular complexity index is 1160. The van der Waals surface area contributed by atoms with Gasteiger partial charge in [-0.1, -0.05) is 29.8 Å². The van der Waals surface area contributed by atoms with Gasteiger partial charge in [-0.05, 0) is 24.6 Å². The maximum absolute atomic E-state index is 12.7. The number of hydrogen-bond acceptors (Lipinski definition) is 6. The van der Waals surface area contributed by atoms with Crippen LogP contribution in [0.1, 0.15) is 23.4 Å². The second kappa shape index (κ2) is 10.4. The van der Waals surface area contributed by atoms with E-state index in [9.17, 15) is 9.59 Å². The van der Waals surface area contributed by atoms with Gasteiger partial charge in [-0.15, -0.1) is 0 Å². The van der Waals surface area contributed by atoms with E-state index in [2.05, 4.69) is 15.2 Å². The van der Waals surface area contributed by atoms with Gasteiger partial charge >= 0.3 is 0 Å². The number of methoxy groups -OCH3 is 1. The topological polar surface area (TPSA) is 87.9 Å². The van der Waals surface area contributed by atoms with E-state index in [-0.39, 0.29) is 18.4 Å². The van der Waals surface area contributed by atoms with Crippen LogP contribution in [0.3, 0.4) is 0 Å². The SMILES string of the molecule is COc1cc(N2CCC(=O)N(CC(=O)NCc3ccc(C)cc3)CC2)ccc1-c1cnc(C)o1. The van der Waals surface area contributed by atoms with Crippen molar-refractivity contribution in [3.05, 3.63) is 65.7 Å². The van der Waals surface area contributed by atoms with Gasteiger partial charge in [0, 0.05) is 51.3 Å². The molecule has 8 heteroatoms. The van der Waals surface area contributed by atoms with Crippen LogP contribution in [0, 0.1) is 13.8 Å². The number of nitrogens with one attached hydrogen (secondary N) is 1. The number of aryl methyl sites for hydroxylation is 2. The average molecular weight is 463 g/mol. The van der Waals surface area contributed by atoms with Gasteiger partial charge in [0.05, 0.1) is 25.4 Å². The van der Waals surface area contributed by atoms with Crippen LogP contribution in [0.5, 0.6) is 5.75 Å². The Balaban J connectivity index is 1.37. The molecule has 8 nitrogen and oxygen atoms in total. The third kappa shape index (κ3) is 5.57. The summed E-state index contributed by atoms with van der Waals surface area (Å²) in [5, 5.41) is 2.91.